The summed E-state index contributed by atoms with van der Waals surface area (Å²) in [5, 5.41) is 3.31. The topological polar surface area (TPSA) is 55.1 Å². The van der Waals surface area contributed by atoms with Crippen LogP contribution in [0.2, 0.25) is 5.02 Å². The van der Waals surface area contributed by atoms with Gasteiger partial charge in [0.2, 0.25) is 0 Å². The minimum Gasteiger partial charge on any atom is -0.397 e. The number of rotatable bonds is 2. The van der Waals surface area contributed by atoms with E-state index in [9.17, 15) is 4.79 Å². The molecular formula is C15H15ClN2O. The highest BCUT2D eigenvalue weighted by Gasteiger charge is 2.09. The Morgan fingerprint density at radius 1 is 1.11 bits per heavy atom. The molecule has 0 aliphatic heterocycles. The maximum Gasteiger partial charge on any atom is 0.255 e. The summed E-state index contributed by atoms with van der Waals surface area (Å²) in [4.78, 5) is 12.2. The van der Waals surface area contributed by atoms with E-state index in [1.807, 2.05) is 32.0 Å². The number of hydrogen-bond donors (Lipinski definition) is 2. The van der Waals surface area contributed by atoms with Crippen LogP contribution in [-0.4, -0.2) is 5.91 Å². The van der Waals surface area contributed by atoms with Crippen molar-refractivity contribution in [1.82, 2.24) is 0 Å². The highest BCUT2D eigenvalue weighted by atomic mass is 35.5. The van der Waals surface area contributed by atoms with Crippen molar-refractivity contribution in [3.05, 3.63) is 58.1 Å². The first-order valence-corrected chi connectivity index (χ1v) is 6.28. The van der Waals surface area contributed by atoms with E-state index < -0.39 is 0 Å². The summed E-state index contributed by atoms with van der Waals surface area (Å²) in [7, 11) is 0. The molecule has 2 aromatic carbocycles. The summed E-state index contributed by atoms with van der Waals surface area (Å²) in [6.45, 7) is 3.91. The van der Waals surface area contributed by atoms with Crippen molar-refractivity contribution in [2.45, 2.75) is 13.8 Å². The Hall–Kier alpha value is -2.00. The Morgan fingerprint density at radius 2 is 1.74 bits per heavy atom. The fraction of sp³-hybridized carbons (Fsp3) is 0.133. The Balaban J connectivity index is 2.28. The van der Waals surface area contributed by atoms with Gasteiger partial charge in [0.05, 0.1) is 11.4 Å². The van der Waals surface area contributed by atoms with Crippen LogP contribution in [0.15, 0.2) is 36.4 Å². The van der Waals surface area contributed by atoms with Gasteiger partial charge < -0.3 is 11.1 Å². The van der Waals surface area contributed by atoms with E-state index in [1.54, 1.807) is 18.2 Å². The summed E-state index contributed by atoms with van der Waals surface area (Å²) in [6.07, 6.45) is 0. The highest BCUT2D eigenvalue weighted by Crippen LogP contribution is 2.23. The first-order valence-electron chi connectivity index (χ1n) is 5.90. The molecule has 0 heterocycles. The quantitative estimate of drug-likeness (QED) is 0.819. The van der Waals surface area contributed by atoms with E-state index in [0.717, 1.165) is 11.1 Å². The summed E-state index contributed by atoms with van der Waals surface area (Å²) in [6, 6.07) is 10.7. The van der Waals surface area contributed by atoms with Crippen molar-refractivity contribution in [1.29, 1.82) is 0 Å². The molecule has 0 radical (unpaired) electrons. The molecule has 0 unspecified atom stereocenters. The number of nitrogen functional groups attached to an aromatic ring is 1. The van der Waals surface area contributed by atoms with Crippen molar-refractivity contribution >= 4 is 28.9 Å². The average molecular weight is 275 g/mol. The third-order valence-corrected chi connectivity index (χ3v) is 2.98. The molecule has 0 spiro atoms. The third-order valence-electron chi connectivity index (χ3n) is 2.75. The fourth-order valence-corrected chi connectivity index (χ4v) is 2.11. The van der Waals surface area contributed by atoms with Gasteiger partial charge in [-0.15, -0.1) is 0 Å². The Bertz CT molecular complexity index is 618. The number of anilines is 2. The molecule has 2 rings (SSSR count). The van der Waals surface area contributed by atoms with Gasteiger partial charge in [0, 0.05) is 10.6 Å². The van der Waals surface area contributed by atoms with E-state index in [-0.39, 0.29) is 5.91 Å². The van der Waals surface area contributed by atoms with Crippen molar-refractivity contribution in [2.75, 3.05) is 11.1 Å². The van der Waals surface area contributed by atoms with Gasteiger partial charge in [-0.05, 0) is 44.2 Å². The van der Waals surface area contributed by atoms with E-state index in [0.29, 0.717) is 22.0 Å². The smallest absolute Gasteiger partial charge is 0.255 e. The van der Waals surface area contributed by atoms with Gasteiger partial charge in [-0.3, -0.25) is 4.79 Å². The SMILES string of the molecule is Cc1cc(C)cc(C(=O)Nc2cc(Cl)ccc2N)c1. The second-order valence-corrected chi connectivity index (χ2v) is 5.00. The van der Waals surface area contributed by atoms with E-state index in [4.69, 9.17) is 17.3 Å². The van der Waals surface area contributed by atoms with Gasteiger partial charge in [0.1, 0.15) is 0 Å². The second kappa shape index (κ2) is 5.33. The molecule has 2 aromatic rings. The minimum absolute atomic E-state index is 0.194. The number of carbonyl (C=O) groups is 1. The molecule has 0 aliphatic rings. The molecule has 3 nitrogen and oxygen atoms in total. The largest absolute Gasteiger partial charge is 0.397 e. The van der Waals surface area contributed by atoms with Crippen LogP contribution in [0.25, 0.3) is 0 Å². The van der Waals surface area contributed by atoms with E-state index >= 15 is 0 Å². The molecule has 0 atom stereocenters. The molecule has 1 amide bonds. The molecule has 0 saturated heterocycles. The first kappa shape index (κ1) is 13.4. The molecular weight excluding hydrogens is 260 g/mol. The van der Waals surface area contributed by atoms with Gasteiger partial charge in [0.15, 0.2) is 0 Å². The van der Waals surface area contributed by atoms with Crippen LogP contribution in [0, 0.1) is 13.8 Å². The zero-order valence-corrected chi connectivity index (χ0v) is 11.6. The number of aryl methyl sites for hydroxylation is 2. The maximum absolute atomic E-state index is 12.2. The molecule has 0 aromatic heterocycles. The predicted octanol–water partition coefficient (Wildman–Crippen LogP) is 3.79. The van der Waals surface area contributed by atoms with Gasteiger partial charge in [-0.1, -0.05) is 28.8 Å². The van der Waals surface area contributed by atoms with Crippen LogP contribution in [0.4, 0.5) is 11.4 Å². The fourth-order valence-electron chi connectivity index (χ4n) is 1.94. The number of carbonyl (C=O) groups excluding carboxylic acids is 1. The summed E-state index contributed by atoms with van der Waals surface area (Å²) in [5.74, 6) is -0.194. The number of nitrogens with two attached hydrogens (primary N) is 1. The lowest BCUT2D eigenvalue weighted by atomic mass is 10.1. The number of benzene rings is 2. The zero-order chi connectivity index (χ0) is 14.0. The van der Waals surface area contributed by atoms with Gasteiger partial charge in [-0.25, -0.2) is 0 Å². The van der Waals surface area contributed by atoms with Gasteiger partial charge in [-0.2, -0.15) is 0 Å². The molecule has 0 bridgehead atoms. The van der Waals surface area contributed by atoms with Gasteiger partial charge in [0.25, 0.3) is 5.91 Å². The van der Waals surface area contributed by atoms with E-state index in [2.05, 4.69) is 5.32 Å². The lowest BCUT2D eigenvalue weighted by Crippen LogP contribution is -2.13. The Kier molecular flexibility index (Phi) is 3.76. The van der Waals surface area contributed by atoms with Crippen molar-refractivity contribution in [3.8, 4) is 0 Å². The number of halogens is 1. The molecule has 19 heavy (non-hydrogen) atoms. The van der Waals surface area contributed by atoms with Crippen LogP contribution < -0.4 is 11.1 Å². The van der Waals surface area contributed by atoms with Crippen LogP contribution in [0.1, 0.15) is 21.5 Å². The van der Waals surface area contributed by atoms with Gasteiger partial charge >= 0.3 is 0 Å². The Labute approximate surface area is 117 Å². The highest BCUT2D eigenvalue weighted by molar-refractivity contribution is 6.31. The normalized spacial score (nSPS) is 10.3. The number of amides is 1. The second-order valence-electron chi connectivity index (χ2n) is 4.56. The molecule has 0 fully saturated rings. The first-order chi connectivity index (χ1) is 8.95. The van der Waals surface area contributed by atoms with Crippen molar-refractivity contribution < 1.29 is 4.79 Å². The van der Waals surface area contributed by atoms with Crippen molar-refractivity contribution in [2.24, 2.45) is 0 Å². The number of hydrogen-bond acceptors (Lipinski definition) is 2. The summed E-state index contributed by atoms with van der Waals surface area (Å²) < 4.78 is 0. The van der Waals surface area contributed by atoms with Crippen LogP contribution in [-0.2, 0) is 0 Å². The molecule has 3 N–H and O–H groups in total. The molecule has 0 aliphatic carbocycles. The van der Waals surface area contributed by atoms with Crippen LogP contribution in [0.5, 0.6) is 0 Å². The summed E-state index contributed by atoms with van der Waals surface area (Å²) >= 11 is 5.89. The standard InChI is InChI=1S/C15H15ClN2O/c1-9-5-10(2)7-11(6-9)15(19)18-14-8-12(16)3-4-13(14)17/h3-8H,17H2,1-2H3,(H,18,19). The lowest BCUT2D eigenvalue weighted by molar-refractivity contribution is 0.102. The van der Waals surface area contributed by atoms with Crippen LogP contribution >= 0.6 is 11.6 Å². The molecule has 4 heteroatoms. The molecule has 98 valence electrons. The number of nitrogens with one attached hydrogen (secondary N) is 1. The monoisotopic (exact) mass is 274 g/mol. The maximum atomic E-state index is 12.2. The average Bonchev–Trinajstić information content (AvgIpc) is 2.32. The third kappa shape index (κ3) is 3.26. The Morgan fingerprint density at radius 3 is 2.37 bits per heavy atom. The minimum atomic E-state index is -0.194. The van der Waals surface area contributed by atoms with Crippen LogP contribution in [0.3, 0.4) is 0 Å². The van der Waals surface area contributed by atoms with E-state index in [1.165, 1.54) is 0 Å². The van der Waals surface area contributed by atoms with Crippen molar-refractivity contribution in [3.63, 3.8) is 0 Å². The zero-order valence-electron chi connectivity index (χ0n) is 10.8. The predicted molar refractivity (Wildman–Crippen MR) is 79.7 cm³/mol. The molecule has 0 saturated carbocycles. The summed E-state index contributed by atoms with van der Waals surface area (Å²) in [5.41, 5.74) is 9.51. The lowest BCUT2D eigenvalue weighted by Gasteiger charge is -2.09.